The van der Waals surface area contributed by atoms with Gasteiger partial charge in [0.25, 0.3) is 0 Å². The third-order valence-electron chi connectivity index (χ3n) is 2.98. The van der Waals surface area contributed by atoms with Crippen LogP contribution in [0.25, 0.3) is 0 Å². The van der Waals surface area contributed by atoms with E-state index in [9.17, 15) is 0 Å². The molecule has 1 aromatic carbocycles. The molecule has 5 nitrogen and oxygen atoms in total. The normalized spacial score (nSPS) is 10.9. The van der Waals surface area contributed by atoms with Crippen LogP contribution < -0.4 is 10.1 Å². The molecular weight excluding hydrogens is 268 g/mol. The zero-order valence-corrected chi connectivity index (χ0v) is 12.5. The van der Waals surface area contributed by atoms with E-state index < -0.39 is 0 Å². The first-order valence-electron chi connectivity index (χ1n) is 6.97. The van der Waals surface area contributed by atoms with Crippen molar-refractivity contribution in [2.45, 2.75) is 13.2 Å². The lowest BCUT2D eigenvalue weighted by Crippen LogP contribution is -2.19. The van der Waals surface area contributed by atoms with E-state index in [0.717, 1.165) is 23.7 Å². The molecule has 1 aromatic heterocycles. The topological polar surface area (TPSA) is 57.9 Å². The molecule has 0 unspecified atom stereocenters. The predicted octanol–water partition coefficient (Wildman–Crippen LogP) is 2.32. The fourth-order valence-corrected chi connectivity index (χ4v) is 1.83. The van der Waals surface area contributed by atoms with Crippen molar-refractivity contribution in [2.75, 3.05) is 32.6 Å². The van der Waals surface area contributed by atoms with Gasteiger partial charge >= 0.3 is 0 Å². The summed E-state index contributed by atoms with van der Waals surface area (Å²) in [6, 6.07) is 11.5. The van der Waals surface area contributed by atoms with Gasteiger partial charge in [-0.3, -0.25) is 0 Å². The quantitative estimate of drug-likeness (QED) is 0.781. The maximum atomic E-state index is 8.96. The standard InChI is InChI=1S/C16H22N2O3/c1-18(2)8-9-20-14-5-3-4-13(10-14)17-11-15-6-7-16(12-19)21-15/h3-7,10,17,19H,8-9,11-12H2,1-2H3. The van der Waals surface area contributed by atoms with Gasteiger partial charge in [0.05, 0.1) is 6.54 Å². The van der Waals surface area contributed by atoms with Crippen LogP contribution in [0.3, 0.4) is 0 Å². The minimum absolute atomic E-state index is 0.0742. The maximum absolute atomic E-state index is 8.96. The zero-order valence-electron chi connectivity index (χ0n) is 12.5. The molecule has 0 saturated carbocycles. The summed E-state index contributed by atoms with van der Waals surface area (Å²) in [5.41, 5.74) is 0.972. The average Bonchev–Trinajstić information content (AvgIpc) is 2.93. The molecule has 2 N–H and O–H groups in total. The average molecular weight is 290 g/mol. The van der Waals surface area contributed by atoms with Gasteiger partial charge in [-0.2, -0.15) is 0 Å². The highest BCUT2D eigenvalue weighted by Gasteiger charge is 2.02. The molecular formula is C16H22N2O3. The van der Waals surface area contributed by atoms with Crippen LogP contribution in [-0.4, -0.2) is 37.3 Å². The van der Waals surface area contributed by atoms with Crippen molar-refractivity contribution in [3.05, 3.63) is 47.9 Å². The fraction of sp³-hybridized carbons (Fsp3) is 0.375. The second-order valence-corrected chi connectivity index (χ2v) is 5.06. The Morgan fingerprint density at radius 1 is 1.19 bits per heavy atom. The first-order valence-corrected chi connectivity index (χ1v) is 6.97. The van der Waals surface area contributed by atoms with E-state index >= 15 is 0 Å². The van der Waals surface area contributed by atoms with Crippen LogP contribution >= 0.6 is 0 Å². The molecule has 0 aliphatic carbocycles. The Morgan fingerprint density at radius 2 is 2.00 bits per heavy atom. The number of hydrogen-bond acceptors (Lipinski definition) is 5. The molecule has 0 saturated heterocycles. The number of aliphatic hydroxyl groups excluding tert-OH is 1. The lowest BCUT2D eigenvalue weighted by Gasteiger charge is -2.12. The Balaban J connectivity index is 1.85. The lowest BCUT2D eigenvalue weighted by molar-refractivity contribution is 0.244. The van der Waals surface area contributed by atoms with Gasteiger partial charge < -0.3 is 24.5 Å². The third kappa shape index (κ3) is 5.13. The van der Waals surface area contributed by atoms with Crippen molar-refractivity contribution < 1.29 is 14.3 Å². The number of likely N-dealkylation sites (N-methyl/N-ethyl adjacent to an activating group) is 1. The van der Waals surface area contributed by atoms with E-state index in [1.807, 2.05) is 44.4 Å². The lowest BCUT2D eigenvalue weighted by atomic mass is 10.3. The van der Waals surface area contributed by atoms with Crippen molar-refractivity contribution in [3.8, 4) is 5.75 Å². The number of anilines is 1. The number of benzene rings is 1. The number of aliphatic hydroxyl groups is 1. The van der Waals surface area contributed by atoms with Crippen molar-refractivity contribution in [2.24, 2.45) is 0 Å². The number of furan rings is 1. The summed E-state index contributed by atoms with van der Waals surface area (Å²) in [6.45, 7) is 2.04. The van der Waals surface area contributed by atoms with Crippen LogP contribution in [0.2, 0.25) is 0 Å². The van der Waals surface area contributed by atoms with Gasteiger partial charge in [0.2, 0.25) is 0 Å². The molecule has 5 heteroatoms. The van der Waals surface area contributed by atoms with Gasteiger partial charge in [-0.1, -0.05) is 6.07 Å². The molecule has 0 bridgehead atoms. The highest BCUT2D eigenvalue weighted by molar-refractivity contribution is 5.48. The summed E-state index contributed by atoms with van der Waals surface area (Å²) in [4.78, 5) is 2.08. The number of nitrogens with zero attached hydrogens (tertiary/aromatic N) is 1. The maximum Gasteiger partial charge on any atom is 0.129 e. The molecule has 1 heterocycles. The van der Waals surface area contributed by atoms with Gasteiger partial charge in [0.1, 0.15) is 30.5 Å². The van der Waals surface area contributed by atoms with Crippen LogP contribution in [-0.2, 0) is 13.2 Å². The van der Waals surface area contributed by atoms with Crippen molar-refractivity contribution in [1.82, 2.24) is 4.90 Å². The number of hydrogen-bond donors (Lipinski definition) is 2. The van der Waals surface area contributed by atoms with E-state index in [0.29, 0.717) is 18.9 Å². The fourth-order valence-electron chi connectivity index (χ4n) is 1.83. The molecule has 21 heavy (non-hydrogen) atoms. The van der Waals surface area contributed by atoms with E-state index in [2.05, 4.69) is 10.2 Å². The monoisotopic (exact) mass is 290 g/mol. The predicted molar refractivity (Wildman–Crippen MR) is 82.4 cm³/mol. The largest absolute Gasteiger partial charge is 0.492 e. The van der Waals surface area contributed by atoms with Gasteiger partial charge in [0, 0.05) is 18.3 Å². The Hall–Kier alpha value is -1.98. The molecule has 2 rings (SSSR count). The molecule has 0 spiro atoms. The van der Waals surface area contributed by atoms with Crippen LogP contribution in [0.15, 0.2) is 40.8 Å². The third-order valence-corrected chi connectivity index (χ3v) is 2.98. The van der Waals surface area contributed by atoms with Crippen LogP contribution in [0.5, 0.6) is 5.75 Å². The Morgan fingerprint density at radius 3 is 2.71 bits per heavy atom. The first-order chi connectivity index (χ1) is 10.2. The summed E-state index contributed by atoms with van der Waals surface area (Å²) in [5.74, 6) is 2.21. The van der Waals surface area contributed by atoms with Crippen LogP contribution in [0.1, 0.15) is 11.5 Å². The van der Waals surface area contributed by atoms with Gasteiger partial charge in [-0.05, 0) is 38.4 Å². The minimum atomic E-state index is -0.0742. The zero-order chi connectivity index (χ0) is 15.1. The number of nitrogens with one attached hydrogen (secondary N) is 1. The second kappa shape index (κ2) is 7.71. The highest BCUT2D eigenvalue weighted by Crippen LogP contribution is 2.18. The molecule has 0 aliphatic heterocycles. The summed E-state index contributed by atoms with van der Waals surface area (Å²) in [6.07, 6.45) is 0. The Labute approximate surface area is 125 Å². The van der Waals surface area contributed by atoms with Crippen LogP contribution in [0, 0.1) is 0 Å². The Bertz CT molecular complexity index is 552. The molecule has 0 aliphatic rings. The SMILES string of the molecule is CN(C)CCOc1cccc(NCc2ccc(CO)o2)c1. The highest BCUT2D eigenvalue weighted by atomic mass is 16.5. The van der Waals surface area contributed by atoms with Crippen molar-refractivity contribution in [1.29, 1.82) is 0 Å². The summed E-state index contributed by atoms with van der Waals surface area (Å²) >= 11 is 0. The molecule has 2 aromatic rings. The van der Waals surface area contributed by atoms with E-state index in [-0.39, 0.29) is 6.61 Å². The van der Waals surface area contributed by atoms with Crippen LogP contribution in [0.4, 0.5) is 5.69 Å². The minimum Gasteiger partial charge on any atom is -0.492 e. The van der Waals surface area contributed by atoms with Gasteiger partial charge in [-0.15, -0.1) is 0 Å². The van der Waals surface area contributed by atoms with Crippen molar-refractivity contribution in [3.63, 3.8) is 0 Å². The molecule has 0 radical (unpaired) electrons. The van der Waals surface area contributed by atoms with E-state index in [1.165, 1.54) is 0 Å². The number of ether oxygens (including phenoxy) is 1. The smallest absolute Gasteiger partial charge is 0.129 e. The summed E-state index contributed by atoms with van der Waals surface area (Å²) in [7, 11) is 4.04. The molecule has 0 atom stereocenters. The summed E-state index contributed by atoms with van der Waals surface area (Å²) in [5, 5.41) is 12.2. The van der Waals surface area contributed by atoms with E-state index in [1.54, 1.807) is 6.07 Å². The van der Waals surface area contributed by atoms with Crippen molar-refractivity contribution >= 4 is 5.69 Å². The van der Waals surface area contributed by atoms with Gasteiger partial charge in [0.15, 0.2) is 0 Å². The second-order valence-electron chi connectivity index (χ2n) is 5.06. The molecule has 0 fully saturated rings. The Kier molecular flexibility index (Phi) is 5.66. The first kappa shape index (κ1) is 15.4. The number of rotatable bonds is 8. The molecule has 114 valence electrons. The van der Waals surface area contributed by atoms with E-state index in [4.69, 9.17) is 14.3 Å². The molecule has 0 amide bonds. The summed E-state index contributed by atoms with van der Waals surface area (Å²) < 4.78 is 11.1. The van der Waals surface area contributed by atoms with Gasteiger partial charge in [-0.25, -0.2) is 0 Å².